The molecule has 0 aliphatic heterocycles. The molecule has 1 aliphatic rings. The van der Waals surface area contributed by atoms with E-state index in [4.69, 9.17) is 0 Å². The molecule has 0 bridgehead atoms. The molecule has 108 valence electrons. The number of rotatable bonds is 5. The number of hydrogen-bond acceptors (Lipinski definition) is 2. The average molecular weight is 278 g/mol. The minimum absolute atomic E-state index is 0.133. The lowest BCUT2D eigenvalue weighted by Gasteiger charge is -2.40. The molecule has 1 aromatic carbocycles. The number of hydrogen-bond donors (Lipinski definition) is 2. The predicted octanol–water partition coefficient (Wildman–Crippen LogP) is 1.50. The maximum atomic E-state index is 13.9. The van der Waals surface area contributed by atoms with Gasteiger partial charge in [0.25, 0.3) is 0 Å². The van der Waals surface area contributed by atoms with E-state index in [1.54, 1.807) is 18.2 Å². The zero-order valence-corrected chi connectivity index (χ0v) is 11.5. The molecule has 0 spiro atoms. The fraction of sp³-hybridized carbons (Fsp3) is 0.467. The van der Waals surface area contributed by atoms with E-state index in [1.165, 1.54) is 13.0 Å². The third-order valence-electron chi connectivity index (χ3n) is 3.82. The Morgan fingerprint density at radius 3 is 2.40 bits per heavy atom. The zero-order chi connectivity index (χ0) is 14.6. The third kappa shape index (κ3) is 2.81. The van der Waals surface area contributed by atoms with Gasteiger partial charge in [-0.2, -0.15) is 0 Å². The summed E-state index contributed by atoms with van der Waals surface area (Å²) in [5.74, 6) is -0.616. The number of carbonyl (C=O) groups is 2. The number of carbonyl (C=O) groups excluding carboxylic acids is 2. The molecule has 0 atom stereocenters. The molecule has 1 aromatic rings. The Morgan fingerprint density at radius 1 is 1.20 bits per heavy atom. The van der Waals surface area contributed by atoms with Crippen LogP contribution in [-0.4, -0.2) is 24.9 Å². The molecule has 0 aromatic heterocycles. The Balaban J connectivity index is 2.02. The van der Waals surface area contributed by atoms with Crippen molar-refractivity contribution in [2.45, 2.75) is 31.6 Å². The van der Waals surface area contributed by atoms with E-state index in [9.17, 15) is 14.0 Å². The van der Waals surface area contributed by atoms with E-state index in [0.29, 0.717) is 31.5 Å². The van der Waals surface area contributed by atoms with Crippen LogP contribution in [0.15, 0.2) is 24.3 Å². The maximum absolute atomic E-state index is 13.9. The van der Waals surface area contributed by atoms with Crippen molar-refractivity contribution in [1.29, 1.82) is 0 Å². The summed E-state index contributed by atoms with van der Waals surface area (Å²) in [5.41, 5.74) is -0.259. The van der Waals surface area contributed by atoms with Gasteiger partial charge in [-0.05, 0) is 18.9 Å². The van der Waals surface area contributed by atoms with Crippen LogP contribution in [0, 0.1) is 5.82 Å². The van der Waals surface area contributed by atoms with Gasteiger partial charge in [-0.15, -0.1) is 0 Å². The van der Waals surface area contributed by atoms with Crippen molar-refractivity contribution in [2.75, 3.05) is 13.1 Å². The maximum Gasteiger partial charge on any atom is 0.230 e. The Morgan fingerprint density at radius 2 is 1.85 bits per heavy atom. The van der Waals surface area contributed by atoms with Crippen LogP contribution >= 0.6 is 0 Å². The molecule has 0 saturated heterocycles. The van der Waals surface area contributed by atoms with Crippen molar-refractivity contribution >= 4 is 11.8 Å². The van der Waals surface area contributed by atoms with Crippen molar-refractivity contribution in [3.8, 4) is 0 Å². The minimum atomic E-state index is -0.735. The van der Waals surface area contributed by atoms with Crippen LogP contribution in [0.25, 0.3) is 0 Å². The van der Waals surface area contributed by atoms with Crippen molar-refractivity contribution in [3.05, 3.63) is 35.6 Å². The van der Waals surface area contributed by atoms with Gasteiger partial charge >= 0.3 is 0 Å². The Labute approximate surface area is 117 Å². The summed E-state index contributed by atoms with van der Waals surface area (Å²) in [7, 11) is 0. The van der Waals surface area contributed by atoms with E-state index in [-0.39, 0.29) is 17.6 Å². The molecule has 1 aliphatic carbocycles. The lowest BCUT2D eigenvalue weighted by molar-refractivity contribution is -0.130. The van der Waals surface area contributed by atoms with Gasteiger partial charge in [-0.25, -0.2) is 4.39 Å². The van der Waals surface area contributed by atoms with Crippen molar-refractivity contribution in [2.24, 2.45) is 0 Å². The van der Waals surface area contributed by atoms with Crippen LogP contribution in [0.2, 0.25) is 0 Å². The van der Waals surface area contributed by atoms with Gasteiger partial charge in [0.05, 0.1) is 5.41 Å². The van der Waals surface area contributed by atoms with Crippen molar-refractivity contribution < 1.29 is 14.0 Å². The van der Waals surface area contributed by atoms with Gasteiger partial charge < -0.3 is 10.6 Å². The lowest BCUT2D eigenvalue weighted by Crippen LogP contribution is -2.51. The monoisotopic (exact) mass is 278 g/mol. The topological polar surface area (TPSA) is 58.2 Å². The first-order valence-corrected chi connectivity index (χ1v) is 6.84. The summed E-state index contributed by atoms with van der Waals surface area (Å²) in [5, 5.41) is 5.40. The van der Waals surface area contributed by atoms with Crippen LogP contribution in [0.1, 0.15) is 31.7 Å². The SMILES string of the molecule is CC(=O)NCCNC(=O)C1(c2ccccc2F)CCC1. The smallest absolute Gasteiger partial charge is 0.230 e. The minimum Gasteiger partial charge on any atom is -0.355 e. The molecular weight excluding hydrogens is 259 g/mol. The van der Waals surface area contributed by atoms with Gasteiger partial charge in [0, 0.05) is 25.6 Å². The number of halogens is 1. The molecule has 0 unspecified atom stereocenters. The second-order valence-corrected chi connectivity index (χ2v) is 5.15. The highest BCUT2D eigenvalue weighted by Crippen LogP contribution is 2.44. The quantitative estimate of drug-likeness (QED) is 0.802. The number of benzene rings is 1. The first-order chi connectivity index (χ1) is 9.56. The van der Waals surface area contributed by atoms with Crippen LogP contribution < -0.4 is 10.6 Å². The Bertz CT molecular complexity index is 512. The first-order valence-electron chi connectivity index (χ1n) is 6.84. The fourth-order valence-corrected chi connectivity index (χ4v) is 2.58. The highest BCUT2D eigenvalue weighted by Gasteiger charge is 2.46. The molecule has 20 heavy (non-hydrogen) atoms. The van der Waals surface area contributed by atoms with E-state index in [1.807, 2.05) is 0 Å². The largest absolute Gasteiger partial charge is 0.355 e. The first kappa shape index (κ1) is 14.5. The average Bonchev–Trinajstić information content (AvgIpc) is 2.35. The molecule has 0 heterocycles. The van der Waals surface area contributed by atoms with Gasteiger partial charge in [0.1, 0.15) is 5.82 Å². The molecule has 2 rings (SSSR count). The highest BCUT2D eigenvalue weighted by atomic mass is 19.1. The fourth-order valence-electron chi connectivity index (χ4n) is 2.58. The second-order valence-electron chi connectivity index (χ2n) is 5.15. The van der Waals surface area contributed by atoms with Crippen LogP contribution in [0.4, 0.5) is 4.39 Å². The van der Waals surface area contributed by atoms with Gasteiger partial charge in [-0.1, -0.05) is 24.6 Å². The molecule has 4 nitrogen and oxygen atoms in total. The summed E-state index contributed by atoms with van der Waals surface area (Å²) < 4.78 is 13.9. The second kappa shape index (κ2) is 6.03. The Hall–Kier alpha value is -1.91. The van der Waals surface area contributed by atoms with Crippen LogP contribution in [0.5, 0.6) is 0 Å². The summed E-state index contributed by atoms with van der Waals surface area (Å²) in [6.45, 7) is 2.16. The van der Waals surface area contributed by atoms with Crippen LogP contribution in [-0.2, 0) is 15.0 Å². The predicted molar refractivity (Wildman–Crippen MR) is 73.6 cm³/mol. The molecule has 1 saturated carbocycles. The molecule has 2 amide bonds. The van der Waals surface area contributed by atoms with E-state index in [0.717, 1.165) is 6.42 Å². The summed E-state index contributed by atoms with van der Waals surface area (Å²) in [6, 6.07) is 6.45. The van der Waals surface area contributed by atoms with E-state index in [2.05, 4.69) is 10.6 Å². The summed E-state index contributed by atoms with van der Waals surface area (Å²) in [6.07, 6.45) is 2.26. The molecular formula is C15H19FN2O2. The standard InChI is InChI=1S/C15H19FN2O2/c1-11(19)17-9-10-18-14(20)15(7-4-8-15)12-5-2-3-6-13(12)16/h2-3,5-6H,4,7-10H2,1H3,(H,17,19)(H,18,20). The Kier molecular flexibility index (Phi) is 4.37. The zero-order valence-electron chi connectivity index (χ0n) is 11.5. The normalized spacial score (nSPS) is 16.1. The van der Waals surface area contributed by atoms with Gasteiger partial charge in [-0.3, -0.25) is 9.59 Å². The number of amides is 2. The van der Waals surface area contributed by atoms with Gasteiger partial charge in [0.2, 0.25) is 11.8 Å². The van der Waals surface area contributed by atoms with Crippen molar-refractivity contribution in [1.82, 2.24) is 10.6 Å². The molecule has 5 heteroatoms. The lowest BCUT2D eigenvalue weighted by atomic mass is 9.63. The molecule has 1 fully saturated rings. The van der Waals surface area contributed by atoms with E-state index >= 15 is 0 Å². The highest BCUT2D eigenvalue weighted by molar-refractivity contribution is 5.89. The van der Waals surface area contributed by atoms with Gasteiger partial charge in [0.15, 0.2) is 0 Å². The third-order valence-corrected chi connectivity index (χ3v) is 3.82. The number of nitrogens with one attached hydrogen (secondary N) is 2. The van der Waals surface area contributed by atoms with E-state index < -0.39 is 5.41 Å². The summed E-state index contributed by atoms with van der Waals surface area (Å²) in [4.78, 5) is 23.1. The summed E-state index contributed by atoms with van der Waals surface area (Å²) >= 11 is 0. The molecule has 0 radical (unpaired) electrons. The molecule has 2 N–H and O–H groups in total. The van der Waals surface area contributed by atoms with Crippen molar-refractivity contribution in [3.63, 3.8) is 0 Å². The van der Waals surface area contributed by atoms with Crippen LogP contribution in [0.3, 0.4) is 0 Å².